The minimum Gasteiger partial charge on any atom is -0.497 e. The Kier molecular flexibility index (Phi) is 9.25. The lowest BCUT2D eigenvalue weighted by molar-refractivity contribution is -0.157. The Morgan fingerprint density at radius 3 is 1.71 bits per heavy atom. The van der Waals surface area contributed by atoms with Crippen molar-refractivity contribution in [2.45, 2.75) is 12.2 Å². The predicted octanol–water partition coefficient (Wildman–Crippen LogP) is 3.19. The van der Waals surface area contributed by atoms with Gasteiger partial charge >= 0.3 is 17.9 Å². The lowest BCUT2D eigenvalue weighted by atomic mass is 10.1. The molecule has 3 aromatic rings. The third-order valence-corrected chi connectivity index (χ3v) is 5.22. The highest BCUT2D eigenvalue weighted by Crippen LogP contribution is 2.25. The molecule has 0 fully saturated rings. The van der Waals surface area contributed by atoms with Crippen molar-refractivity contribution in [2.75, 3.05) is 26.6 Å². The number of para-hydroxylation sites is 2. The quantitative estimate of drug-likeness (QED) is 0.359. The molecule has 2 N–H and O–H groups in total. The summed E-state index contributed by atoms with van der Waals surface area (Å²) in [6.45, 7) is 0. The maximum atomic E-state index is 13.3. The van der Waals surface area contributed by atoms with E-state index in [4.69, 9.17) is 23.7 Å². The van der Waals surface area contributed by atoms with E-state index in [1.807, 2.05) is 0 Å². The van der Waals surface area contributed by atoms with Gasteiger partial charge in [0.15, 0.2) is 0 Å². The van der Waals surface area contributed by atoms with Crippen molar-refractivity contribution in [3.05, 3.63) is 83.9 Å². The summed E-state index contributed by atoms with van der Waals surface area (Å²) in [4.78, 5) is 51.2. The number of esters is 2. The molecule has 198 valence electrons. The van der Waals surface area contributed by atoms with Gasteiger partial charge in [-0.05, 0) is 48.5 Å². The fraction of sp³-hybridized carbons (Fsp3) is 0.185. The van der Waals surface area contributed by atoms with Gasteiger partial charge in [-0.25, -0.2) is 14.4 Å². The van der Waals surface area contributed by atoms with Crippen molar-refractivity contribution in [2.24, 2.45) is 0 Å². The minimum absolute atomic E-state index is 0.0253. The molecule has 0 spiro atoms. The molecular formula is C27H25NO10. The summed E-state index contributed by atoms with van der Waals surface area (Å²) in [6.07, 6.45) is -4.30. The van der Waals surface area contributed by atoms with Crippen molar-refractivity contribution in [1.82, 2.24) is 0 Å². The highest BCUT2D eigenvalue weighted by atomic mass is 16.6. The fourth-order valence-corrected chi connectivity index (χ4v) is 3.31. The van der Waals surface area contributed by atoms with Gasteiger partial charge in [0, 0.05) is 0 Å². The second kappa shape index (κ2) is 12.8. The number of benzene rings is 3. The molecule has 0 saturated carbocycles. The molecule has 11 heteroatoms. The molecule has 0 bridgehead atoms. The first-order chi connectivity index (χ1) is 18.3. The maximum Gasteiger partial charge on any atom is 0.349 e. The average molecular weight is 523 g/mol. The van der Waals surface area contributed by atoms with E-state index in [0.717, 1.165) is 0 Å². The van der Waals surface area contributed by atoms with Gasteiger partial charge in [0.25, 0.3) is 5.91 Å². The summed E-state index contributed by atoms with van der Waals surface area (Å²) >= 11 is 0. The van der Waals surface area contributed by atoms with E-state index in [-0.39, 0.29) is 22.6 Å². The molecule has 0 aliphatic rings. The van der Waals surface area contributed by atoms with Gasteiger partial charge in [-0.2, -0.15) is 0 Å². The van der Waals surface area contributed by atoms with Gasteiger partial charge in [0.05, 0.1) is 38.1 Å². The lowest BCUT2D eigenvalue weighted by Crippen LogP contribution is -2.48. The third-order valence-electron chi connectivity index (χ3n) is 5.22. The van der Waals surface area contributed by atoms with Crippen LogP contribution < -0.4 is 19.5 Å². The Morgan fingerprint density at radius 1 is 0.684 bits per heavy atom. The van der Waals surface area contributed by atoms with Gasteiger partial charge in [0.2, 0.25) is 12.2 Å². The van der Waals surface area contributed by atoms with Gasteiger partial charge in [-0.3, -0.25) is 4.79 Å². The van der Waals surface area contributed by atoms with Crippen LogP contribution in [0.2, 0.25) is 0 Å². The van der Waals surface area contributed by atoms with E-state index in [1.54, 1.807) is 30.3 Å². The first-order valence-electron chi connectivity index (χ1n) is 11.1. The second-order valence-electron chi connectivity index (χ2n) is 7.64. The number of carbonyl (C=O) groups is 4. The van der Waals surface area contributed by atoms with Crippen LogP contribution in [0.1, 0.15) is 20.7 Å². The van der Waals surface area contributed by atoms with E-state index in [0.29, 0.717) is 11.5 Å². The Balaban J connectivity index is 1.95. The van der Waals surface area contributed by atoms with Crippen LogP contribution in [0.3, 0.4) is 0 Å². The molecule has 1 amide bonds. The average Bonchev–Trinajstić information content (AvgIpc) is 2.94. The van der Waals surface area contributed by atoms with Crippen molar-refractivity contribution < 1.29 is 48.0 Å². The van der Waals surface area contributed by atoms with Crippen LogP contribution in [-0.4, -0.2) is 62.5 Å². The highest BCUT2D eigenvalue weighted by molar-refractivity contribution is 6.02. The van der Waals surface area contributed by atoms with Gasteiger partial charge in [-0.15, -0.1) is 0 Å². The third kappa shape index (κ3) is 6.78. The number of hydrogen-bond acceptors (Lipinski definition) is 9. The summed E-state index contributed by atoms with van der Waals surface area (Å²) < 4.78 is 25.9. The number of hydrogen-bond donors (Lipinski definition) is 2. The molecule has 0 saturated heterocycles. The Morgan fingerprint density at radius 2 is 1.21 bits per heavy atom. The normalized spacial score (nSPS) is 11.9. The summed E-state index contributed by atoms with van der Waals surface area (Å²) in [7, 11) is 4.16. The Bertz CT molecular complexity index is 1320. The topological polar surface area (TPSA) is 147 Å². The number of carboxylic acid groups (broad SMARTS) is 1. The smallest absolute Gasteiger partial charge is 0.349 e. The van der Waals surface area contributed by atoms with E-state index >= 15 is 0 Å². The lowest BCUT2D eigenvalue weighted by Gasteiger charge is -2.24. The van der Waals surface area contributed by atoms with Gasteiger partial charge in [0.1, 0.15) is 17.2 Å². The first kappa shape index (κ1) is 27.5. The molecule has 3 aromatic carbocycles. The number of carbonyl (C=O) groups excluding carboxylic acids is 3. The summed E-state index contributed by atoms with van der Waals surface area (Å²) in [5.41, 5.74) is 0.104. The number of nitrogens with one attached hydrogen (secondary N) is 1. The summed E-state index contributed by atoms with van der Waals surface area (Å²) in [6, 6.07) is 17.9. The van der Waals surface area contributed by atoms with Crippen LogP contribution in [0.5, 0.6) is 17.2 Å². The van der Waals surface area contributed by atoms with Crippen LogP contribution in [-0.2, 0) is 19.1 Å². The van der Waals surface area contributed by atoms with Crippen LogP contribution in [0.15, 0.2) is 72.8 Å². The number of amides is 1. The van der Waals surface area contributed by atoms with Crippen LogP contribution >= 0.6 is 0 Å². The zero-order chi connectivity index (χ0) is 27.7. The standard InChI is InChI=1S/C27H25NO10/c1-34-18-10-6-8-16(14-18)26(32)37-22(24(29)28-20-12-4-5-13-21(20)36-3)23(25(30)31)38-27(33)17-9-7-11-19(15-17)35-2/h4-15,22-23H,1-3H3,(H,28,29)(H,30,31)/t22-,23+/m0/s1. The number of ether oxygens (including phenoxy) is 5. The minimum atomic E-state index is -2.21. The van der Waals surface area contributed by atoms with Gasteiger partial charge in [-0.1, -0.05) is 24.3 Å². The molecule has 0 radical (unpaired) electrons. The predicted molar refractivity (Wildman–Crippen MR) is 134 cm³/mol. The summed E-state index contributed by atoms with van der Waals surface area (Å²) in [5.74, 6) is -4.01. The number of carboxylic acids is 1. The summed E-state index contributed by atoms with van der Waals surface area (Å²) in [5, 5.41) is 12.4. The van der Waals surface area contributed by atoms with Crippen LogP contribution in [0.4, 0.5) is 5.69 Å². The number of methoxy groups -OCH3 is 3. The van der Waals surface area contributed by atoms with E-state index in [2.05, 4.69) is 5.32 Å². The molecule has 3 rings (SSSR count). The Labute approximate surface area is 217 Å². The van der Waals surface area contributed by atoms with Crippen molar-refractivity contribution in [3.63, 3.8) is 0 Å². The van der Waals surface area contributed by atoms with Crippen molar-refractivity contribution in [3.8, 4) is 17.2 Å². The second-order valence-corrected chi connectivity index (χ2v) is 7.64. The first-order valence-corrected chi connectivity index (χ1v) is 11.1. The molecule has 11 nitrogen and oxygen atoms in total. The molecule has 0 aliphatic carbocycles. The molecule has 0 aliphatic heterocycles. The Hall–Kier alpha value is -5.06. The number of anilines is 1. The molecule has 2 atom stereocenters. The fourth-order valence-electron chi connectivity index (χ4n) is 3.31. The molecule has 0 heterocycles. The molecule has 38 heavy (non-hydrogen) atoms. The van der Waals surface area contributed by atoms with E-state index < -0.39 is 36.0 Å². The van der Waals surface area contributed by atoms with Crippen molar-refractivity contribution >= 4 is 29.5 Å². The molecule has 0 aromatic heterocycles. The van der Waals surface area contributed by atoms with E-state index in [9.17, 15) is 24.3 Å². The van der Waals surface area contributed by atoms with Crippen molar-refractivity contribution in [1.29, 1.82) is 0 Å². The number of aliphatic carboxylic acids is 1. The highest BCUT2D eigenvalue weighted by Gasteiger charge is 2.41. The largest absolute Gasteiger partial charge is 0.497 e. The van der Waals surface area contributed by atoms with Crippen LogP contribution in [0.25, 0.3) is 0 Å². The molecular weight excluding hydrogens is 498 g/mol. The molecule has 0 unspecified atom stereocenters. The monoisotopic (exact) mass is 523 g/mol. The van der Waals surface area contributed by atoms with Gasteiger partial charge < -0.3 is 34.1 Å². The maximum absolute atomic E-state index is 13.3. The van der Waals surface area contributed by atoms with Crippen LogP contribution in [0, 0.1) is 0 Å². The SMILES string of the molecule is COc1cccc(C(=O)O[C@H](C(=O)Nc2ccccc2OC)[C@@H](OC(=O)c2cccc(OC)c2)C(=O)O)c1. The zero-order valence-corrected chi connectivity index (χ0v) is 20.7. The number of rotatable bonds is 11. The zero-order valence-electron chi connectivity index (χ0n) is 20.7. The van der Waals surface area contributed by atoms with E-state index in [1.165, 1.54) is 63.8 Å².